The van der Waals surface area contributed by atoms with Crippen LogP contribution in [0.5, 0.6) is 0 Å². The number of rotatable bonds is 6. The molecular formula is C11H21NO4. The minimum absolute atomic E-state index is 0.301. The molecule has 0 amide bonds. The number of hydrogen-bond acceptors (Lipinski definition) is 4. The summed E-state index contributed by atoms with van der Waals surface area (Å²) in [6, 6.07) is -0.159. The molecule has 0 saturated carbocycles. The standard InChI is InChI=1S/C11H21NO4/c1-9(11(13)14)12(5-8-15-2)10-3-6-16-7-4-10/h9-10H,3-8H2,1-2H3,(H,13,14)/t9-/m1/s1. The summed E-state index contributed by atoms with van der Waals surface area (Å²) in [6.07, 6.45) is 1.81. The molecule has 1 rings (SSSR count). The van der Waals surface area contributed by atoms with E-state index in [2.05, 4.69) is 0 Å². The molecule has 1 fully saturated rings. The van der Waals surface area contributed by atoms with Crippen LogP contribution in [-0.4, -0.2) is 61.5 Å². The molecule has 0 unspecified atom stereocenters. The highest BCUT2D eigenvalue weighted by atomic mass is 16.5. The van der Waals surface area contributed by atoms with Crippen molar-refractivity contribution < 1.29 is 19.4 Å². The molecule has 1 aliphatic heterocycles. The number of methoxy groups -OCH3 is 1. The zero-order valence-electron chi connectivity index (χ0n) is 10.0. The molecule has 1 saturated heterocycles. The molecule has 5 nitrogen and oxygen atoms in total. The molecule has 0 spiro atoms. The monoisotopic (exact) mass is 231 g/mol. The average Bonchev–Trinajstić information content (AvgIpc) is 2.30. The largest absolute Gasteiger partial charge is 0.480 e. The van der Waals surface area contributed by atoms with E-state index in [0.717, 1.165) is 26.1 Å². The van der Waals surface area contributed by atoms with Gasteiger partial charge >= 0.3 is 5.97 Å². The lowest BCUT2D eigenvalue weighted by Gasteiger charge is -2.36. The molecule has 0 radical (unpaired) electrons. The Morgan fingerprint density at radius 3 is 2.69 bits per heavy atom. The molecular weight excluding hydrogens is 210 g/mol. The van der Waals surface area contributed by atoms with E-state index in [1.165, 1.54) is 0 Å². The number of hydrogen-bond donors (Lipinski definition) is 1. The first-order valence-corrected chi connectivity index (χ1v) is 5.72. The lowest BCUT2D eigenvalue weighted by Crippen LogP contribution is -2.49. The van der Waals surface area contributed by atoms with Gasteiger partial charge in [-0.1, -0.05) is 0 Å². The summed E-state index contributed by atoms with van der Waals surface area (Å²) in [5.74, 6) is -0.775. The first kappa shape index (κ1) is 13.4. The molecule has 0 bridgehead atoms. The average molecular weight is 231 g/mol. The minimum Gasteiger partial charge on any atom is -0.480 e. The van der Waals surface area contributed by atoms with Crippen molar-refractivity contribution in [2.24, 2.45) is 0 Å². The van der Waals surface area contributed by atoms with E-state index in [4.69, 9.17) is 14.6 Å². The SMILES string of the molecule is COCCN(C1CCOCC1)[C@H](C)C(=O)O. The first-order valence-electron chi connectivity index (χ1n) is 5.72. The first-order chi connectivity index (χ1) is 7.66. The van der Waals surface area contributed by atoms with Crippen LogP contribution in [-0.2, 0) is 14.3 Å². The third-order valence-corrected chi connectivity index (χ3v) is 3.07. The summed E-state index contributed by atoms with van der Waals surface area (Å²) in [7, 11) is 1.63. The second-order valence-electron chi connectivity index (χ2n) is 4.09. The third-order valence-electron chi connectivity index (χ3n) is 3.07. The summed E-state index contributed by atoms with van der Waals surface area (Å²) in [6.45, 7) is 4.40. The second-order valence-corrected chi connectivity index (χ2v) is 4.09. The van der Waals surface area contributed by atoms with Crippen LogP contribution in [0.4, 0.5) is 0 Å². The molecule has 1 N–H and O–H groups in total. The van der Waals surface area contributed by atoms with E-state index < -0.39 is 12.0 Å². The van der Waals surface area contributed by atoms with Crippen molar-refractivity contribution in [1.29, 1.82) is 0 Å². The number of aliphatic carboxylic acids is 1. The van der Waals surface area contributed by atoms with E-state index in [0.29, 0.717) is 19.2 Å². The van der Waals surface area contributed by atoms with Gasteiger partial charge in [-0.2, -0.15) is 0 Å². The maximum absolute atomic E-state index is 11.0. The van der Waals surface area contributed by atoms with Crippen LogP contribution in [0.25, 0.3) is 0 Å². The highest BCUT2D eigenvalue weighted by Crippen LogP contribution is 2.17. The fourth-order valence-corrected chi connectivity index (χ4v) is 2.05. The van der Waals surface area contributed by atoms with Crippen LogP contribution < -0.4 is 0 Å². The van der Waals surface area contributed by atoms with Crippen molar-refractivity contribution >= 4 is 5.97 Å². The molecule has 0 aliphatic carbocycles. The van der Waals surface area contributed by atoms with Crippen molar-refractivity contribution in [2.45, 2.75) is 31.8 Å². The minimum atomic E-state index is -0.775. The second kappa shape index (κ2) is 6.83. The smallest absolute Gasteiger partial charge is 0.320 e. The van der Waals surface area contributed by atoms with Gasteiger partial charge in [-0.15, -0.1) is 0 Å². The van der Waals surface area contributed by atoms with Crippen LogP contribution in [0.2, 0.25) is 0 Å². The van der Waals surface area contributed by atoms with Gasteiger partial charge in [0.15, 0.2) is 0 Å². The molecule has 1 aliphatic rings. The Hall–Kier alpha value is -0.650. The Kier molecular flexibility index (Phi) is 5.73. The van der Waals surface area contributed by atoms with Gasteiger partial charge in [-0.05, 0) is 19.8 Å². The quantitative estimate of drug-likeness (QED) is 0.725. The lowest BCUT2D eigenvalue weighted by molar-refractivity contribution is -0.144. The van der Waals surface area contributed by atoms with Crippen molar-refractivity contribution in [1.82, 2.24) is 4.90 Å². The highest BCUT2D eigenvalue weighted by molar-refractivity contribution is 5.72. The van der Waals surface area contributed by atoms with Gasteiger partial charge in [0.25, 0.3) is 0 Å². The summed E-state index contributed by atoms with van der Waals surface area (Å²) >= 11 is 0. The molecule has 0 aromatic carbocycles. The molecule has 5 heteroatoms. The molecule has 94 valence electrons. The molecule has 1 heterocycles. The van der Waals surface area contributed by atoms with Crippen LogP contribution in [0.3, 0.4) is 0 Å². The van der Waals surface area contributed by atoms with Crippen LogP contribution >= 0.6 is 0 Å². The summed E-state index contributed by atoms with van der Waals surface area (Å²) in [5.41, 5.74) is 0. The fourth-order valence-electron chi connectivity index (χ4n) is 2.05. The fraction of sp³-hybridized carbons (Fsp3) is 0.909. The van der Waals surface area contributed by atoms with Crippen LogP contribution in [0, 0.1) is 0 Å². The van der Waals surface area contributed by atoms with Crippen molar-refractivity contribution in [2.75, 3.05) is 33.5 Å². The maximum atomic E-state index is 11.0. The summed E-state index contributed by atoms with van der Waals surface area (Å²) in [4.78, 5) is 13.0. The normalized spacial score (nSPS) is 19.9. The van der Waals surface area contributed by atoms with E-state index in [1.54, 1.807) is 14.0 Å². The van der Waals surface area contributed by atoms with Crippen molar-refractivity contribution in [3.63, 3.8) is 0 Å². The van der Waals surface area contributed by atoms with Gasteiger partial charge in [0.2, 0.25) is 0 Å². The van der Waals surface area contributed by atoms with Gasteiger partial charge < -0.3 is 14.6 Å². The van der Waals surface area contributed by atoms with Crippen LogP contribution in [0.15, 0.2) is 0 Å². The van der Waals surface area contributed by atoms with Crippen molar-refractivity contribution in [3.05, 3.63) is 0 Å². The Morgan fingerprint density at radius 2 is 2.19 bits per heavy atom. The summed E-state index contributed by atoms with van der Waals surface area (Å²) in [5, 5.41) is 9.07. The van der Waals surface area contributed by atoms with E-state index in [9.17, 15) is 4.79 Å². The topological polar surface area (TPSA) is 59.0 Å². The maximum Gasteiger partial charge on any atom is 0.320 e. The Labute approximate surface area is 96.3 Å². The lowest BCUT2D eigenvalue weighted by atomic mass is 10.0. The van der Waals surface area contributed by atoms with Crippen molar-refractivity contribution in [3.8, 4) is 0 Å². The van der Waals surface area contributed by atoms with Gasteiger partial charge in [0.1, 0.15) is 6.04 Å². The van der Waals surface area contributed by atoms with Gasteiger partial charge in [0, 0.05) is 32.9 Å². The third kappa shape index (κ3) is 3.73. The zero-order valence-corrected chi connectivity index (χ0v) is 10.0. The van der Waals surface area contributed by atoms with E-state index in [1.807, 2.05) is 4.90 Å². The number of carboxylic acid groups (broad SMARTS) is 1. The predicted octanol–water partition coefficient (Wildman–Crippen LogP) is 0.587. The molecule has 0 aromatic rings. The Balaban J connectivity index is 2.57. The molecule has 16 heavy (non-hydrogen) atoms. The van der Waals surface area contributed by atoms with Crippen LogP contribution in [0.1, 0.15) is 19.8 Å². The van der Waals surface area contributed by atoms with Gasteiger partial charge in [-0.3, -0.25) is 9.69 Å². The summed E-state index contributed by atoms with van der Waals surface area (Å²) < 4.78 is 10.3. The highest BCUT2D eigenvalue weighted by Gasteiger charge is 2.28. The zero-order chi connectivity index (χ0) is 12.0. The van der Waals surface area contributed by atoms with Gasteiger partial charge in [0.05, 0.1) is 6.61 Å². The number of carbonyl (C=O) groups is 1. The van der Waals surface area contributed by atoms with Gasteiger partial charge in [-0.25, -0.2) is 0 Å². The van der Waals surface area contributed by atoms with E-state index in [-0.39, 0.29) is 0 Å². The molecule has 0 aromatic heterocycles. The number of ether oxygens (including phenoxy) is 2. The number of nitrogens with zero attached hydrogens (tertiary/aromatic N) is 1. The molecule has 1 atom stereocenters. The Bertz CT molecular complexity index is 216. The number of carboxylic acids is 1. The predicted molar refractivity (Wildman–Crippen MR) is 59.5 cm³/mol. The Morgan fingerprint density at radius 1 is 1.56 bits per heavy atom. The van der Waals surface area contributed by atoms with E-state index >= 15 is 0 Å².